The third-order valence-electron chi connectivity index (χ3n) is 3.69. The predicted molar refractivity (Wildman–Crippen MR) is 80.4 cm³/mol. The summed E-state index contributed by atoms with van der Waals surface area (Å²) >= 11 is 0. The molecule has 1 N–H and O–H groups in total. The van der Waals surface area contributed by atoms with Gasteiger partial charge in [0.15, 0.2) is 5.65 Å². The van der Waals surface area contributed by atoms with E-state index in [9.17, 15) is 9.90 Å². The van der Waals surface area contributed by atoms with Crippen molar-refractivity contribution in [2.45, 2.75) is 13.8 Å². The van der Waals surface area contributed by atoms with Gasteiger partial charge in [0.25, 0.3) is 0 Å². The maximum absolute atomic E-state index is 11.6. The Morgan fingerprint density at radius 2 is 1.90 bits per heavy atom. The van der Waals surface area contributed by atoms with Crippen LogP contribution in [0.1, 0.15) is 21.5 Å². The molecule has 0 spiro atoms. The molecule has 3 aromatic rings. The van der Waals surface area contributed by atoms with Gasteiger partial charge < -0.3 is 9.67 Å². The number of imidazole rings is 1. The topological polar surface area (TPSA) is 68.0 Å². The molecule has 21 heavy (non-hydrogen) atoms. The van der Waals surface area contributed by atoms with Crippen LogP contribution in [0.4, 0.5) is 0 Å². The summed E-state index contributed by atoms with van der Waals surface area (Å²) < 4.78 is 1.84. The summed E-state index contributed by atoms with van der Waals surface area (Å²) in [4.78, 5) is 20.5. The van der Waals surface area contributed by atoms with Gasteiger partial charge in [0.05, 0.1) is 5.56 Å². The Kier molecular flexibility index (Phi) is 2.97. The Bertz CT molecular complexity index is 865. The minimum Gasteiger partial charge on any atom is -0.478 e. The fourth-order valence-electron chi connectivity index (χ4n) is 2.62. The van der Waals surface area contributed by atoms with Crippen LogP contribution in [-0.4, -0.2) is 25.6 Å². The van der Waals surface area contributed by atoms with Crippen LogP contribution in [0.15, 0.2) is 30.5 Å². The lowest BCUT2D eigenvalue weighted by Gasteiger charge is -2.12. The largest absolute Gasteiger partial charge is 0.478 e. The highest BCUT2D eigenvalue weighted by Gasteiger charge is 2.21. The number of hydrogen-bond donors (Lipinski definition) is 1. The van der Waals surface area contributed by atoms with Crippen molar-refractivity contribution in [2.24, 2.45) is 7.05 Å². The van der Waals surface area contributed by atoms with Crippen molar-refractivity contribution < 1.29 is 9.90 Å². The van der Waals surface area contributed by atoms with Crippen LogP contribution in [-0.2, 0) is 7.05 Å². The van der Waals surface area contributed by atoms with E-state index >= 15 is 0 Å². The molecular formula is C16H15N3O2. The van der Waals surface area contributed by atoms with Crippen molar-refractivity contribution in [1.29, 1.82) is 0 Å². The van der Waals surface area contributed by atoms with Crippen molar-refractivity contribution in [3.63, 3.8) is 0 Å². The molecule has 2 heterocycles. The summed E-state index contributed by atoms with van der Waals surface area (Å²) in [6.45, 7) is 3.70. The standard InChI is InChI=1S/C16H15N3O2/c1-9-6-7-10(2)13(16(20)21)12(9)15-18-11-5-4-8-17-14(11)19(15)3/h4-8H,1-3H3,(H,20,21). The fraction of sp³-hybridized carbons (Fsp3) is 0.188. The summed E-state index contributed by atoms with van der Waals surface area (Å²) in [5.41, 5.74) is 4.06. The highest BCUT2D eigenvalue weighted by atomic mass is 16.4. The fourth-order valence-corrected chi connectivity index (χ4v) is 2.62. The Labute approximate surface area is 121 Å². The maximum Gasteiger partial charge on any atom is 0.336 e. The van der Waals surface area contributed by atoms with E-state index < -0.39 is 5.97 Å². The first-order valence-electron chi connectivity index (χ1n) is 6.62. The second-order valence-electron chi connectivity index (χ2n) is 5.10. The number of carboxylic acid groups (broad SMARTS) is 1. The van der Waals surface area contributed by atoms with Gasteiger partial charge in [0.1, 0.15) is 11.3 Å². The monoisotopic (exact) mass is 281 g/mol. The molecule has 0 bridgehead atoms. The minimum atomic E-state index is -0.939. The first kappa shape index (κ1) is 13.3. The molecule has 106 valence electrons. The summed E-state index contributed by atoms with van der Waals surface area (Å²) in [5.74, 6) is -0.312. The van der Waals surface area contributed by atoms with Gasteiger partial charge in [-0.1, -0.05) is 12.1 Å². The number of pyridine rings is 1. The van der Waals surface area contributed by atoms with E-state index in [1.807, 2.05) is 42.8 Å². The quantitative estimate of drug-likeness (QED) is 0.784. The van der Waals surface area contributed by atoms with E-state index in [1.54, 1.807) is 13.1 Å². The maximum atomic E-state index is 11.6. The lowest BCUT2D eigenvalue weighted by atomic mass is 9.96. The molecule has 0 fully saturated rings. The van der Waals surface area contributed by atoms with Crippen molar-refractivity contribution in [1.82, 2.24) is 14.5 Å². The smallest absolute Gasteiger partial charge is 0.336 e. The second kappa shape index (κ2) is 4.70. The number of rotatable bonds is 2. The Morgan fingerprint density at radius 1 is 1.19 bits per heavy atom. The number of carbonyl (C=O) groups is 1. The van der Waals surface area contributed by atoms with E-state index in [4.69, 9.17) is 0 Å². The second-order valence-corrected chi connectivity index (χ2v) is 5.10. The van der Waals surface area contributed by atoms with Crippen LogP contribution in [0.2, 0.25) is 0 Å². The molecule has 3 rings (SSSR count). The zero-order valence-corrected chi connectivity index (χ0v) is 12.1. The van der Waals surface area contributed by atoms with Gasteiger partial charge >= 0.3 is 5.97 Å². The molecule has 0 aliphatic carbocycles. The predicted octanol–water partition coefficient (Wildman–Crippen LogP) is 2.95. The van der Waals surface area contributed by atoms with Gasteiger partial charge in [0, 0.05) is 18.8 Å². The third kappa shape index (κ3) is 1.98. The van der Waals surface area contributed by atoms with Gasteiger partial charge in [-0.2, -0.15) is 0 Å². The number of nitrogens with zero attached hydrogens (tertiary/aromatic N) is 3. The number of aryl methyl sites for hydroxylation is 3. The van der Waals surface area contributed by atoms with Crippen LogP contribution in [0, 0.1) is 13.8 Å². The summed E-state index contributed by atoms with van der Waals surface area (Å²) in [7, 11) is 1.85. The van der Waals surface area contributed by atoms with E-state index in [0.717, 1.165) is 22.3 Å². The van der Waals surface area contributed by atoms with Crippen LogP contribution in [0.5, 0.6) is 0 Å². The van der Waals surface area contributed by atoms with E-state index in [2.05, 4.69) is 9.97 Å². The molecule has 0 unspecified atom stereocenters. The molecule has 0 radical (unpaired) electrons. The summed E-state index contributed by atoms with van der Waals surface area (Å²) in [5, 5.41) is 9.55. The molecule has 5 heteroatoms. The minimum absolute atomic E-state index is 0.299. The zero-order valence-electron chi connectivity index (χ0n) is 12.1. The Balaban J connectivity index is 2.40. The van der Waals surface area contributed by atoms with Gasteiger partial charge in [-0.15, -0.1) is 0 Å². The molecule has 0 aliphatic heterocycles. The number of benzene rings is 1. The van der Waals surface area contributed by atoms with Gasteiger partial charge in [-0.05, 0) is 37.1 Å². The summed E-state index contributed by atoms with van der Waals surface area (Å²) in [6, 6.07) is 7.44. The van der Waals surface area contributed by atoms with Crippen molar-refractivity contribution >= 4 is 17.1 Å². The lowest BCUT2D eigenvalue weighted by Crippen LogP contribution is -2.07. The highest BCUT2D eigenvalue weighted by Crippen LogP contribution is 2.30. The van der Waals surface area contributed by atoms with E-state index in [1.165, 1.54) is 0 Å². The van der Waals surface area contributed by atoms with E-state index in [0.29, 0.717) is 17.0 Å². The molecule has 0 saturated carbocycles. The SMILES string of the molecule is Cc1ccc(C)c(-c2nc3cccnc3n2C)c1C(=O)O. The van der Waals surface area contributed by atoms with E-state index in [-0.39, 0.29) is 0 Å². The van der Waals surface area contributed by atoms with Crippen LogP contribution < -0.4 is 0 Å². The molecule has 0 saturated heterocycles. The van der Waals surface area contributed by atoms with Gasteiger partial charge in [-0.25, -0.2) is 14.8 Å². The van der Waals surface area contributed by atoms with Crippen LogP contribution in [0.3, 0.4) is 0 Å². The normalized spacial score (nSPS) is 11.0. The molecule has 2 aromatic heterocycles. The molecule has 0 amide bonds. The molecular weight excluding hydrogens is 266 g/mol. The van der Waals surface area contributed by atoms with Crippen LogP contribution in [0.25, 0.3) is 22.6 Å². The van der Waals surface area contributed by atoms with Gasteiger partial charge in [0.2, 0.25) is 0 Å². The Morgan fingerprint density at radius 3 is 2.57 bits per heavy atom. The molecule has 1 aromatic carbocycles. The number of hydrogen-bond acceptors (Lipinski definition) is 3. The molecule has 5 nitrogen and oxygen atoms in total. The first-order chi connectivity index (χ1) is 10.0. The Hall–Kier alpha value is -2.69. The highest BCUT2D eigenvalue weighted by molar-refractivity contribution is 5.98. The van der Waals surface area contributed by atoms with Crippen molar-refractivity contribution in [2.75, 3.05) is 0 Å². The van der Waals surface area contributed by atoms with Gasteiger partial charge in [-0.3, -0.25) is 0 Å². The zero-order chi connectivity index (χ0) is 15.1. The third-order valence-corrected chi connectivity index (χ3v) is 3.69. The average Bonchev–Trinajstić information content (AvgIpc) is 2.78. The summed E-state index contributed by atoms with van der Waals surface area (Å²) in [6.07, 6.45) is 1.70. The molecule has 0 atom stereocenters. The number of fused-ring (bicyclic) bond motifs is 1. The number of aromatic nitrogens is 3. The number of aromatic carboxylic acids is 1. The lowest BCUT2D eigenvalue weighted by molar-refractivity contribution is 0.0697. The first-order valence-corrected chi connectivity index (χ1v) is 6.62. The van der Waals surface area contributed by atoms with Crippen LogP contribution >= 0.6 is 0 Å². The molecule has 0 aliphatic rings. The number of carboxylic acids is 1. The van der Waals surface area contributed by atoms with Crippen molar-refractivity contribution in [3.05, 3.63) is 47.2 Å². The average molecular weight is 281 g/mol. The van der Waals surface area contributed by atoms with Crippen molar-refractivity contribution in [3.8, 4) is 11.4 Å².